The van der Waals surface area contributed by atoms with Gasteiger partial charge in [0.2, 0.25) is 5.91 Å². The molecular weight excluding hydrogens is 304 g/mol. The van der Waals surface area contributed by atoms with Crippen molar-refractivity contribution in [1.29, 1.82) is 0 Å². The van der Waals surface area contributed by atoms with Gasteiger partial charge in [-0.25, -0.2) is 0 Å². The molecule has 2 heterocycles. The Morgan fingerprint density at radius 2 is 2.21 bits per heavy atom. The second kappa shape index (κ2) is 7.64. The van der Waals surface area contributed by atoms with Gasteiger partial charge in [0.05, 0.1) is 18.8 Å². The number of likely N-dealkylation sites (tertiary alicyclic amines) is 1. The Kier molecular flexibility index (Phi) is 5.54. The van der Waals surface area contributed by atoms with Crippen molar-refractivity contribution >= 4 is 5.91 Å². The quantitative estimate of drug-likeness (QED) is 0.859. The van der Waals surface area contributed by atoms with Gasteiger partial charge in [0.15, 0.2) is 0 Å². The molecular formula is C19H28N2O3. The highest BCUT2D eigenvalue weighted by molar-refractivity contribution is 5.78. The smallest absolute Gasteiger partial charge is 0.234 e. The van der Waals surface area contributed by atoms with Crippen molar-refractivity contribution in [3.8, 4) is 0 Å². The van der Waals surface area contributed by atoms with Crippen molar-refractivity contribution < 1.29 is 14.6 Å². The van der Waals surface area contributed by atoms with Gasteiger partial charge in [0.1, 0.15) is 0 Å². The molecule has 3 atom stereocenters. The van der Waals surface area contributed by atoms with E-state index >= 15 is 0 Å². The Bertz CT molecular complexity index is 547. The summed E-state index contributed by atoms with van der Waals surface area (Å²) in [5, 5.41) is 13.7. The maximum atomic E-state index is 12.3. The number of carbonyl (C=O) groups is 1. The molecule has 24 heavy (non-hydrogen) atoms. The molecule has 0 radical (unpaired) electrons. The molecule has 0 saturated carbocycles. The van der Waals surface area contributed by atoms with Crippen LogP contribution in [0.1, 0.15) is 31.7 Å². The molecule has 0 spiro atoms. The van der Waals surface area contributed by atoms with Crippen molar-refractivity contribution in [2.45, 2.75) is 44.4 Å². The van der Waals surface area contributed by atoms with Gasteiger partial charge in [-0.3, -0.25) is 9.69 Å². The maximum absolute atomic E-state index is 12.3. The first kappa shape index (κ1) is 17.4. The molecule has 0 bridgehead atoms. The highest BCUT2D eigenvalue weighted by atomic mass is 16.5. The number of rotatable bonds is 5. The number of nitrogens with zero attached hydrogens (tertiary/aromatic N) is 1. The van der Waals surface area contributed by atoms with Gasteiger partial charge >= 0.3 is 0 Å². The highest BCUT2D eigenvalue weighted by Crippen LogP contribution is 2.35. The fraction of sp³-hybridized carbons (Fsp3) is 0.632. The normalized spacial score (nSPS) is 31.1. The van der Waals surface area contributed by atoms with Crippen LogP contribution in [-0.2, 0) is 16.1 Å². The number of carbonyl (C=O) groups excluding carboxylic acids is 1. The Morgan fingerprint density at radius 3 is 2.96 bits per heavy atom. The van der Waals surface area contributed by atoms with E-state index in [1.165, 1.54) is 0 Å². The summed E-state index contributed by atoms with van der Waals surface area (Å²) in [6, 6.07) is 10.2. The first-order chi connectivity index (χ1) is 11.6. The van der Waals surface area contributed by atoms with Gasteiger partial charge < -0.3 is 15.2 Å². The van der Waals surface area contributed by atoms with E-state index in [1.54, 1.807) is 0 Å². The average molecular weight is 332 g/mol. The summed E-state index contributed by atoms with van der Waals surface area (Å²) in [4.78, 5) is 14.5. The van der Waals surface area contributed by atoms with Gasteiger partial charge in [-0.2, -0.15) is 0 Å². The lowest BCUT2D eigenvalue weighted by Crippen LogP contribution is -2.53. The fourth-order valence-electron chi connectivity index (χ4n) is 3.92. The molecule has 2 N–H and O–H groups in total. The SMILES string of the molecule is CC1(O)CCOCC1C1CCCN1CC(=O)NCc1ccccc1. The summed E-state index contributed by atoms with van der Waals surface area (Å²) in [6.07, 6.45) is 2.77. The van der Waals surface area contributed by atoms with Crippen LogP contribution in [0.2, 0.25) is 0 Å². The van der Waals surface area contributed by atoms with Gasteiger partial charge in [0.25, 0.3) is 0 Å². The van der Waals surface area contributed by atoms with Crippen LogP contribution in [0.5, 0.6) is 0 Å². The van der Waals surface area contributed by atoms with Gasteiger partial charge in [-0.05, 0) is 38.3 Å². The number of hydrogen-bond donors (Lipinski definition) is 2. The molecule has 0 aliphatic carbocycles. The zero-order chi connectivity index (χ0) is 17.0. The molecule has 5 nitrogen and oxygen atoms in total. The minimum Gasteiger partial charge on any atom is -0.390 e. The Morgan fingerprint density at radius 1 is 1.42 bits per heavy atom. The van der Waals surface area contributed by atoms with Crippen LogP contribution in [0.4, 0.5) is 0 Å². The molecule has 3 rings (SSSR count). The minimum atomic E-state index is -0.702. The van der Waals surface area contributed by atoms with Gasteiger partial charge in [-0.1, -0.05) is 30.3 Å². The van der Waals surface area contributed by atoms with E-state index in [9.17, 15) is 9.90 Å². The van der Waals surface area contributed by atoms with Crippen LogP contribution >= 0.6 is 0 Å². The Labute approximate surface area is 144 Å². The van der Waals surface area contributed by atoms with Gasteiger partial charge in [0, 0.05) is 25.1 Å². The second-order valence-corrected chi connectivity index (χ2v) is 7.23. The summed E-state index contributed by atoms with van der Waals surface area (Å²) in [7, 11) is 0. The Balaban J connectivity index is 1.54. The van der Waals surface area contributed by atoms with E-state index in [0.717, 1.165) is 24.9 Å². The zero-order valence-corrected chi connectivity index (χ0v) is 14.4. The summed E-state index contributed by atoms with van der Waals surface area (Å²) >= 11 is 0. The maximum Gasteiger partial charge on any atom is 0.234 e. The zero-order valence-electron chi connectivity index (χ0n) is 14.4. The number of ether oxygens (including phenoxy) is 1. The highest BCUT2D eigenvalue weighted by Gasteiger charge is 2.44. The summed E-state index contributed by atoms with van der Waals surface area (Å²) in [5.74, 6) is 0.123. The van der Waals surface area contributed by atoms with E-state index in [0.29, 0.717) is 32.7 Å². The Hall–Kier alpha value is -1.43. The van der Waals surface area contributed by atoms with Crippen LogP contribution in [0.15, 0.2) is 30.3 Å². The lowest BCUT2D eigenvalue weighted by Gasteiger charge is -2.43. The summed E-state index contributed by atoms with van der Waals surface area (Å²) in [5.41, 5.74) is 0.402. The first-order valence-electron chi connectivity index (χ1n) is 8.91. The van der Waals surface area contributed by atoms with Crippen LogP contribution in [0.3, 0.4) is 0 Å². The van der Waals surface area contributed by atoms with Crippen LogP contribution in [0.25, 0.3) is 0 Å². The monoisotopic (exact) mass is 332 g/mol. The molecule has 0 aromatic heterocycles. The first-order valence-corrected chi connectivity index (χ1v) is 8.91. The van der Waals surface area contributed by atoms with Crippen molar-refractivity contribution in [3.05, 3.63) is 35.9 Å². The lowest BCUT2D eigenvalue weighted by atomic mass is 9.79. The summed E-state index contributed by atoms with van der Waals surface area (Å²) < 4.78 is 5.60. The van der Waals surface area contributed by atoms with Crippen LogP contribution in [0, 0.1) is 5.92 Å². The molecule has 132 valence electrons. The van der Waals surface area contributed by atoms with E-state index in [2.05, 4.69) is 10.2 Å². The third-order valence-corrected chi connectivity index (χ3v) is 5.41. The number of hydrogen-bond acceptors (Lipinski definition) is 4. The fourth-order valence-corrected chi connectivity index (χ4v) is 3.92. The molecule has 2 aliphatic heterocycles. The number of benzene rings is 1. The molecule has 2 aliphatic rings. The van der Waals surface area contributed by atoms with E-state index in [4.69, 9.17) is 4.74 Å². The number of aliphatic hydroxyl groups is 1. The third kappa shape index (κ3) is 4.15. The molecule has 3 unspecified atom stereocenters. The largest absolute Gasteiger partial charge is 0.390 e. The molecule has 1 aromatic rings. The summed E-state index contributed by atoms with van der Waals surface area (Å²) in [6.45, 7) is 4.97. The minimum absolute atomic E-state index is 0.0436. The molecule has 5 heteroatoms. The third-order valence-electron chi connectivity index (χ3n) is 5.41. The number of amides is 1. The van der Waals surface area contributed by atoms with E-state index in [1.807, 2.05) is 37.3 Å². The van der Waals surface area contributed by atoms with Crippen molar-refractivity contribution in [3.63, 3.8) is 0 Å². The standard InChI is InChI=1S/C19H28N2O3/c1-19(23)9-11-24-14-16(19)17-8-5-10-21(17)13-18(22)20-12-15-6-3-2-4-7-15/h2-4,6-7,16-17,23H,5,8-14H2,1H3,(H,20,22). The molecule has 1 aromatic carbocycles. The van der Waals surface area contributed by atoms with Crippen molar-refractivity contribution in [2.24, 2.45) is 5.92 Å². The predicted octanol–water partition coefficient (Wildman–Crippen LogP) is 1.55. The van der Waals surface area contributed by atoms with Crippen LogP contribution in [-0.4, -0.2) is 53.9 Å². The van der Waals surface area contributed by atoms with Crippen molar-refractivity contribution in [1.82, 2.24) is 10.2 Å². The predicted molar refractivity (Wildman–Crippen MR) is 92.4 cm³/mol. The molecule has 1 amide bonds. The second-order valence-electron chi connectivity index (χ2n) is 7.23. The molecule has 2 fully saturated rings. The lowest BCUT2D eigenvalue weighted by molar-refractivity contribution is -0.132. The average Bonchev–Trinajstić information content (AvgIpc) is 3.01. The number of nitrogens with one attached hydrogen (secondary N) is 1. The topological polar surface area (TPSA) is 61.8 Å². The van der Waals surface area contributed by atoms with Crippen LogP contribution < -0.4 is 5.32 Å². The van der Waals surface area contributed by atoms with E-state index in [-0.39, 0.29) is 17.9 Å². The van der Waals surface area contributed by atoms with Crippen molar-refractivity contribution in [2.75, 3.05) is 26.3 Å². The van der Waals surface area contributed by atoms with Gasteiger partial charge in [-0.15, -0.1) is 0 Å². The van der Waals surface area contributed by atoms with E-state index < -0.39 is 5.60 Å². The molecule has 2 saturated heterocycles.